The number of nitrogens with one attached hydrogen (secondary N) is 3. The first-order valence-corrected chi connectivity index (χ1v) is 9.92. The van der Waals surface area contributed by atoms with Crippen LogP contribution in [0.25, 0.3) is 11.1 Å². The fraction of sp³-hybridized carbons (Fsp3) is 0.227. The summed E-state index contributed by atoms with van der Waals surface area (Å²) in [5.41, 5.74) is 6.55. The third kappa shape index (κ3) is 3.53. The number of aryl methyl sites for hydroxylation is 1. The minimum absolute atomic E-state index is 0.469. The van der Waals surface area contributed by atoms with E-state index < -0.39 is 5.76 Å². The number of aromatic amines is 1. The van der Waals surface area contributed by atoms with Crippen molar-refractivity contribution in [3.63, 3.8) is 0 Å². The van der Waals surface area contributed by atoms with Crippen molar-refractivity contribution < 1.29 is 4.42 Å². The fourth-order valence-electron chi connectivity index (χ4n) is 3.69. The zero-order valence-electron chi connectivity index (χ0n) is 16.8. The minimum Gasteiger partial charge on any atom is -0.408 e. The van der Waals surface area contributed by atoms with Gasteiger partial charge in [0.15, 0.2) is 5.58 Å². The van der Waals surface area contributed by atoms with E-state index in [2.05, 4.69) is 55.6 Å². The highest BCUT2D eigenvalue weighted by Crippen LogP contribution is 2.27. The predicted octanol–water partition coefficient (Wildman–Crippen LogP) is 4.04. The summed E-state index contributed by atoms with van der Waals surface area (Å²) < 4.78 is 5.05. The summed E-state index contributed by atoms with van der Waals surface area (Å²) in [4.78, 5) is 25.5. The minimum atomic E-state index is -0.469. The maximum absolute atomic E-state index is 11.4. The van der Waals surface area contributed by atoms with Crippen LogP contribution in [0.3, 0.4) is 0 Å². The molecule has 30 heavy (non-hydrogen) atoms. The smallest absolute Gasteiger partial charge is 0.408 e. The molecule has 0 radical (unpaired) electrons. The number of rotatable bonds is 5. The largest absolute Gasteiger partial charge is 0.417 e. The standard InChI is InChI=1S/C22H22N6O2/c1-3-28-11-14-4-5-16(8-15(14)12-28)25-21-23-10-13(2)20(27-21)24-17-6-7-19-18(9-17)26-22(29)30-19/h4-10H,3,11-12H2,1-2H3,(H,26,29)(H2,23,24,25,27). The van der Waals surface area contributed by atoms with Gasteiger partial charge < -0.3 is 15.1 Å². The number of hydrogen-bond donors (Lipinski definition) is 3. The molecule has 0 saturated carbocycles. The Balaban J connectivity index is 1.37. The number of hydrogen-bond acceptors (Lipinski definition) is 7. The molecule has 0 amide bonds. The second-order valence-corrected chi connectivity index (χ2v) is 7.49. The lowest BCUT2D eigenvalue weighted by Crippen LogP contribution is -2.14. The van der Waals surface area contributed by atoms with Gasteiger partial charge >= 0.3 is 5.76 Å². The van der Waals surface area contributed by atoms with E-state index in [0.29, 0.717) is 22.9 Å². The van der Waals surface area contributed by atoms with Crippen LogP contribution in [0.2, 0.25) is 0 Å². The molecule has 4 aromatic rings. The summed E-state index contributed by atoms with van der Waals surface area (Å²) in [5, 5.41) is 6.60. The van der Waals surface area contributed by atoms with Crippen molar-refractivity contribution in [1.29, 1.82) is 0 Å². The van der Waals surface area contributed by atoms with E-state index in [1.54, 1.807) is 12.3 Å². The predicted molar refractivity (Wildman–Crippen MR) is 116 cm³/mol. The van der Waals surface area contributed by atoms with Gasteiger partial charge in [0, 0.05) is 36.2 Å². The molecule has 2 aromatic carbocycles. The molecule has 0 unspecified atom stereocenters. The summed E-state index contributed by atoms with van der Waals surface area (Å²) in [5.74, 6) is 0.741. The average molecular weight is 402 g/mol. The molecule has 152 valence electrons. The molecule has 0 aliphatic carbocycles. The molecule has 1 aliphatic heterocycles. The third-order valence-electron chi connectivity index (χ3n) is 5.35. The van der Waals surface area contributed by atoms with Gasteiger partial charge in [-0.15, -0.1) is 0 Å². The molecular weight excluding hydrogens is 380 g/mol. The zero-order valence-corrected chi connectivity index (χ0v) is 16.8. The van der Waals surface area contributed by atoms with Crippen LogP contribution in [0.5, 0.6) is 0 Å². The lowest BCUT2D eigenvalue weighted by atomic mass is 10.1. The Morgan fingerprint density at radius 3 is 2.77 bits per heavy atom. The van der Waals surface area contributed by atoms with Crippen LogP contribution in [0.4, 0.5) is 23.1 Å². The summed E-state index contributed by atoms with van der Waals surface area (Å²) in [6.45, 7) is 7.15. The number of anilines is 4. The van der Waals surface area contributed by atoms with Gasteiger partial charge in [0.2, 0.25) is 5.95 Å². The molecular formula is C22H22N6O2. The first-order valence-electron chi connectivity index (χ1n) is 9.92. The molecule has 0 fully saturated rings. The maximum atomic E-state index is 11.4. The number of aromatic nitrogens is 3. The second-order valence-electron chi connectivity index (χ2n) is 7.49. The number of oxazole rings is 1. The molecule has 8 nitrogen and oxygen atoms in total. The van der Waals surface area contributed by atoms with E-state index in [1.807, 2.05) is 19.1 Å². The van der Waals surface area contributed by atoms with Crippen molar-refractivity contribution in [2.24, 2.45) is 0 Å². The van der Waals surface area contributed by atoms with Gasteiger partial charge in [-0.05, 0) is 54.9 Å². The highest BCUT2D eigenvalue weighted by atomic mass is 16.4. The quantitative estimate of drug-likeness (QED) is 0.463. The van der Waals surface area contributed by atoms with Crippen LogP contribution in [0.15, 0.2) is 51.8 Å². The van der Waals surface area contributed by atoms with Gasteiger partial charge in [-0.3, -0.25) is 9.88 Å². The molecule has 5 rings (SSSR count). The van der Waals surface area contributed by atoms with Gasteiger partial charge in [-0.25, -0.2) is 9.78 Å². The number of fused-ring (bicyclic) bond motifs is 2. The van der Waals surface area contributed by atoms with Gasteiger partial charge in [0.25, 0.3) is 0 Å². The normalized spacial score (nSPS) is 13.5. The molecule has 0 spiro atoms. The Morgan fingerprint density at radius 2 is 1.90 bits per heavy atom. The highest BCUT2D eigenvalue weighted by molar-refractivity contribution is 5.78. The summed E-state index contributed by atoms with van der Waals surface area (Å²) in [6.07, 6.45) is 1.78. The topological polar surface area (TPSA) is 99.1 Å². The highest BCUT2D eigenvalue weighted by Gasteiger charge is 2.17. The Morgan fingerprint density at radius 1 is 1.10 bits per heavy atom. The summed E-state index contributed by atoms with van der Waals surface area (Å²) in [7, 11) is 0. The Kier molecular flexibility index (Phi) is 4.48. The van der Waals surface area contributed by atoms with Crippen LogP contribution in [0.1, 0.15) is 23.6 Å². The summed E-state index contributed by atoms with van der Waals surface area (Å²) in [6, 6.07) is 11.8. The van der Waals surface area contributed by atoms with E-state index in [1.165, 1.54) is 11.1 Å². The van der Waals surface area contributed by atoms with Crippen molar-refractivity contribution in [3.05, 3.63) is 69.8 Å². The monoisotopic (exact) mass is 402 g/mol. The zero-order chi connectivity index (χ0) is 20.7. The van der Waals surface area contributed by atoms with E-state index in [0.717, 1.165) is 36.6 Å². The van der Waals surface area contributed by atoms with Crippen molar-refractivity contribution in [2.75, 3.05) is 17.2 Å². The Bertz CT molecular complexity index is 1290. The van der Waals surface area contributed by atoms with E-state index >= 15 is 0 Å². The van der Waals surface area contributed by atoms with Crippen molar-refractivity contribution in [1.82, 2.24) is 19.9 Å². The van der Waals surface area contributed by atoms with Crippen LogP contribution < -0.4 is 16.4 Å². The van der Waals surface area contributed by atoms with Crippen molar-refractivity contribution in [3.8, 4) is 0 Å². The lowest BCUT2D eigenvalue weighted by molar-refractivity contribution is 0.301. The van der Waals surface area contributed by atoms with Gasteiger partial charge in [0.05, 0.1) is 5.52 Å². The van der Waals surface area contributed by atoms with Gasteiger partial charge in [0.1, 0.15) is 5.82 Å². The molecule has 0 bridgehead atoms. The number of benzene rings is 2. The molecule has 0 saturated heterocycles. The van der Waals surface area contributed by atoms with Crippen LogP contribution in [0, 0.1) is 6.92 Å². The van der Waals surface area contributed by atoms with Crippen molar-refractivity contribution >= 4 is 34.2 Å². The van der Waals surface area contributed by atoms with Gasteiger partial charge in [-0.2, -0.15) is 4.98 Å². The first-order chi connectivity index (χ1) is 14.6. The van der Waals surface area contributed by atoms with E-state index in [4.69, 9.17) is 4.42 Å². The van der Waals surface area contributed by atoms with Gasteiger partial charge in [-0.1, -0.05) is 13.0 Å². The molecule has 8 heteroatoms. The Hall–Kier alpha value is -3.65. The van der Waals surface area contributed by atoms with E-state index in [-0.39, 0.29) is 0 Å². The SMILES string of the molecule is CCN1Cc2ccc(Nc3ncc(C)c(Nc4ccc5oc(=O)[nH]c5c4)n3)cc2C1. The molecule has 3 heterocycles. The van der Waals surface area contributed by atoms with Crippen LogP contribution in [-0.4, -0.2) is 26.4 Å². The fourth-order valence-corrected chi connectivity index (χ4v) is 3.69. The maximum Gasteiger partial charge on any atom is 0.417 e. The number of H-pyrrole nitrogens is 1. The third-order valence-corrected chi connectivity index (χ3v) is 5.35. The Labute approximate surface area is 173 Å². The first kappa shape index (κ1) is 18.4. The van der Waals surface area contributed by atoms with Crippen LogP contribution in [-0.2, 0) is 13.1 Å². The molecule has 0 atom stereocenters. The second kappa shape index (κ2) is 7.31. The average Bonchev–Trinajstić information content (AvgIpc) is 3.31. The molecule has 2 aromatic heterocycles. The van der Waals surface area contributed by atoms with Crippen molar-refractivity contribution in [2.45, 2.75) is 26.9 Å². The lowest BCUT2D eigenvalue weighted by Gasteiger charge is -2.11. The summed E-state index contributed by atoms with van der Waals surface area (Å²) >= 11 is 0. The molecule has 3 N–H and O–H groups in total. The van der Waals surface area contributed by atoms with Crippen LogP contribution >= 0.6 is 0 Å². The number of nitrogens with zero attached hydrogens (tertiary/aromatic N) is 3. The molecule has 1 aliphatic rings. The van der Waals surface area contributed by atoms with E-state index in [9.17, 15) is 4.79 Å².